The number of hydrogen-bond acceptors (Lipinski definition) is 4. The number of aryl methyl sites for hydroxylation is 2. The van der Waals surface area contributed by atoms with Crippen LogP contribution in [0.2, 0.25) is 0 Å². The topological polar surface area (TPSA) is 54.0 Å². The zero-order chi connectivity index (χ0) is 14.8. The van der Waals surface area contributed by atoms with E-state index >= 15 is 0 Å². The molecule has 1 aliphatic heterocycles. The van der Waals surface area contributed by atoms with Gasteiger partial charge in [0.25, 0.3) is 0 Å². The molecule has 0 saturated carbocycles. The van der Waals surface area contributed by atoms with E-state index in [0.29, 0.717) is 6.42 Å². The molecule has 0 aliphatic carbocycles. The van der Waals surface area contributed by atoms with E-state index in [1.165, 1.54) is 11.1 Å². The van der Waals surface area contributed by atoms with Gasteiger partial charge in [0.2, 0.25) is 5.91 Å². The van der Waals surface area contributed by atoms with E-state index in [1.54, 1.807) is 11.3 Å². The number of rotatable bonds is 4. The zero-order valence-corrected chi connectivity index (χ0v) is 14.3. The summed E-state index contributed by atoms with van der Waals surface area (Å²) in [6, 6.07) is 6.54. The van der Waals surface area contributed by atoms with Crippen LogP contribution in [0.4, 0.5) is 5.69 Å². The lowest BCUT2D eigenvalue weighted by atomic mass is 9.98. The fraction of sp³-hybridized carbons (Fsp3) is 0.375. The molecule has 1 unspecified atom stereocenters. The molecule has 0 spiro atoms. The van der Waals surface area contributed by atoms with Crippen molar-refractivity contribution in [2.24, 2.45) is 0 Å². The fourth-order valence-electron chi connectivity index (χ4n) is 2.54. The Hall–Kier alpha value is -1.43. The van der Waals surface area contributed by atoms with Gasteiger partial charge in [0.1, 0.15) is 0 Å². The maximum absolute atomic E-state index is 11.4. The molecule has 2 heterocycles. The van der Waals surface area contributed by atoms with Gasteiger partial charge in [0.15, 0.2) is 0 Å². The van der Waals surface area contributed by atoms with E-state index in [1.807, 2.05) is 13.0 Å². The van der Waals surface area contributed by atoms with Gasteiger partial charge in [0, 0.05) is 30.1 Å². The average Bonchev–Trinajstić information content (AvgIpc) is 2.90. The van der Waals surface area contributed by atoms with Crippen molar-refractivity contribution in [3.63, 3.8) is 0 Å². The lowest BCUT2D eigenvalue weighted by Gasteiger charge is -2.20. The van der Waals surface area contributed by atoms with Gasteiger partial charge in [-0.05, 0) is 37.5 Å². The average molecular weight is 338 g/mol. The molecular weight excluding hydrogens is 318 g/mol. The van der Waals surface area contributed by atoms with Crippen molar-refractivity contribution in [3.05, 3.63) is 45.4 Å². The van der Waals surface area contributed by atoms with Gasteiger partial charge in [-0.15, -0.1) is 23.7 Å². The van der Waals surface area contributed by atoms with E-state index in [-0.39, 0.29) is 24.4 Å². The highest BCUT2D eigenvalue weighted by molar-refractivity contribution is 7.09. The van der Waals surface area contributed by atoms with Crippen molar-refractivity contribution in [3.8, 4) is 0 Å². The Morgan fingerprint density at radius 2 is 2.23 bits per heavy atom. The minimum atomic E-state index is 0. The van der Waals surface area contributed by atoms with Crippen molar-refractivity contribution in [1.29, 1.82) is 0 Å². The summed E-state index contributed by atoms with van der Waals surface area (Å²) in [7, 11) is 0. The van der Waals surface area contributed by atoms with E-state index in [9.17, 15) is 4.79 Å². The number of nitrogens with one attached hydrogen (secondary N) is 2. The van der Waals surface area contributed by atoms with Crippen LogP contribution in [0.3, 0.4) is 0 Å². The second kappa shape index (κ2) is 7.22. The highest BCUT2D eigenvalue weighted by Gasteiger charge is 2.16. The summed E-state index contributed by atoms with van der Waals surface area (Å²) in [4.78, 5) is 15.8. The summed E-state index contributed by atoms with van der Waals surface area (Å²) in [5.41, 5.74) is 4.52. The van der Waals surface area contributed by atoms with Crippen molar-refractivity contribution in [1.82, 2.24) is 10.3 Å². The molecule has 1 amide bonds. The van der Waals surface area contributed by atoms with Crippen LogP contribution in [0.25, 0.3) is 0 Å². The molecule has 4 nitrogen and oxygen atoms in total. The number of anilines is 1. The highest BCUT2D eigenvalue weighted by Crippen LogP contribution is 2.26. The van der Waals surface area contributed by atoms with Gasteiger partial charge in [-0.3, -0.25) is 4.79 Å². The van der Waals surface area contributed by atoms with Gasteiger partial charge in [-0.2, -0.15) is 0 Å². The van der Waals surface area contributed by atoms with Crippen LogP contribution >= 0.6 is 23.7 Å². The van der Waals surface area contributed by atoms with Crippen molar-refractivity contribution >= 4 is 35.3 Å². The van der Waals surface area contributed by atoms with Gasteiger partial charge < -0.3 is 10.6 Å². The first kappa shape index (κ1) is 16.9. The number of halogens is 1. The smallest absolute Gasteiger partial charge is 0.224 e. The summed E-state index contributed by atoms with van der Waals surface area (Å²) in [6.45, 7) is 4.96. The molecule has 22 heavy (non-hydrogen) atoms. The monoisotopic (exact) mass is 337 g/mol. The number of aromatic nitrogens is 1. The van der Waals surface area contributed by atoms with Crippen LogP contribution in [0.15, 0.2) is 23.6 Å². The van der Waals surface area contributed by atoms with Crippen LogP contribution in [0.5, 0.6) is 0 Å². The second-order valence-electron chi connectivity index (χ2n) is 5.43. The normalized spacial score (nSPS) is 14.7. The molecule has 0 bridgehead atoms. The molecule has 0 fully saturated rings. The molecule has 1 aromatic heterocycles. The number of benzene rings is 1. The molecule has 0 radical (unpaired) electrons. The standard InChI is InChI=1S/C16H19N3OS.ClH/c1-10(17-8-14-9-21-11(2)18-14)12-3-5-15-13(7-12)4-6-16(20)19-15;/h3,5,7,9-10,17H,4,6,8H2,1-2H3,(H,19,20);1H. The van der Waals surface area contributed by atoms with Crippen LogP contribution in [-0.2, 0) is 17.8 Å². The van der Waals surface area contributed by atoms with Gasteiger partial charge in [-0.1, -0.05) is 12.1 Å². The number of fused-ring (bicyclic) bond motifs is 1. The van der Waals surface area contributed by atoms with Crippen LogP contribution in [0, 0.1) is 6.92 Å². The Balaban J connectivity index is 0.00000176. The predicted octanol–water partition coefficient (Wildman–Crippen LogP) is 3.61. The lowest BCUT2D eigenvalue weighted by molar-refractivity contribution is -0.116. The van der Waals surface area contributed by atoms with Gasteiger partial charge in [-0.25, -0.2) is 4.98 Å². The first-order valence-electron chi connectivity index (χ1n) is 7.19. The molecular formula is C16H20ClN3OS. The zero-order valence-electron chi connectivity index (χ0n) is 12.7. The molecule has 1 aliphatic rings. The predicted molar refractivity (Wildman–Crippen MR) is 92.7 cm³/mol. The molecule has 2 aromatic rings. The molecule has 1 aromatic carbocycles. The molecule has 6 heteroatoms. The Morgan fingerprint density at radius 1 is 1.41 bits per heavy atom. The summed E-state index contributed by atoms with van der Waals surface area (Å²) in [5.74, 6) is 0.111. The first-order chi connectivity index (χ1) is 10.1. The number of carbonyl (C=O) groups is 1. The molecule has 1 atom stereocenters. The van der Waals surface area contributed by atoms with Crippen LogP contribution in [0.1, 0.15) is 41.2 Å². The maximum Gasteiger partial charge on any atom is 0.224 e. The Kier molecular flexibility index (Phi) is 5.56. The highest BCUT2D eigenvalue weighted by atomic mass is 35.5. The maximum atomic E-state index is 11.4. The molecule has 0 saturated heterocycles. The number of thiazole rings is 1. The Bertz CT molecular complexity index is 671. The van der Waals surface area contributed by atoms with Gasteiger partial charge in [0.05, 0.1) is 10.7 Å². The fourth-order valence-corrected chi connectivity index (χ4v) is 3.15. The van der Waals surface area contributed by atoms with Crippen molar-refractivity contribution in [2.45, 2.75) is 39.3 Å². The third-order valence-corrected chi connectivity index (χ3v) is 4.60. The number of amides is 1. The lowest BCUT2D eigenvalue weighted by Crippen LogP contribution is -2.21. The van der Waals surface area contributed by atoms with E-state index in [0.717, 1.165) is 29.4 Å². The summed E-state index contributed by atoms with van der Waals surface area (Å²) >= 11 is 1.68. The Morgan fingerprint density at radius 3 is 2.95 bits per heavy atom. The van der Waals surface area contributed by atoms with Crippen molar-refractivity contribution in [2.75, 3.05) is 5.32 Å². The number of nitrogens with zero attached hydrogens (tertiary/aromatic N) is 1. The third kappa shape index (κ3) is 3.85. The SMILES string of the molecule is Cc1nc(CNC(C)c2ccc3c(c2)CCC(=O)N3)cs1.Cl. The molecule has 2 N–H and O–H groups in total. The van der Waals surface area contributed by atoms with E-state index in [2.05, 4.69) is 40.1 Å². The van der Waals surface area contributed by atoms with E-state index in [4.69, 9.17) is 0 Å². The third-order valence-electron chi connectivity index (χ3n) is 3.78. The summed E-state index contributed by atoms with van der Waals surface area (Å²) in [5, 5.41) is 9.62. The Labute approximate surface area is 140 Å². The largest absolute Gasteiger partial charge is 0.326 e. The minimum Gasteiger partial charge on any atom is -0.326 e. The van der Waals surface area contributed by atoms with Crippen LogP contribution in [-0.4, -0.2) is 10.9 Å². The summed E-state index contributed by atoms with van der Waals surface area (Å²) < 4.78 is 0. The molecule has 118 valence electrons. The molecule has 3 rings (SSSR count). The number of carbonyl (C=O) groups excluding carboxylic acids is 1. The minimum absolute atomic E-state index is 0. The van der Waals surface area contributed by atoms with Crippen molar-refractivity contribution < 1.29 is 4.79 Å². The van der Waals surface area contributed by atoms with Crippen LogP contribution < -0.4 is 10.6 Å². The van der Waals surface area contributed by atoms with Gasteiger partial charge >= 0.3 is 0 Å². The van der Waals surface area contributed by atoms with E-state index < -0.39 is 0 Å². The second-order valence-corrected chi connectivity index (χ2v) is 6.49. The first-order valence-corrected chi connectivity index (χ1v) is 8.07. The quantitative estimate of drug-likeness (QED) is 0.896. The number of hydrogen-bond donors (Lipinski definition) is 2. The summed E-state index contributed by atoms with van der Waals surface area (Å²) in [6.07, 6.45) is 1.41.